The van der Waals surface area contributed by atoms with Crippen LogP contribution in [0.25, 0.3) is 5.69 Å². The average Bonchev–Trinajstić information content (AvgIpc) is 3.39. The highest BCUT2D eigenvalue weighted by Crippen LogP contribution is 2.42. The molecule has 0 bridgehead atoms. The van der Waals surface area contributed by atoms with E-state index in [0.717, 1.165) is 53.0 Å². The second kappa shape index (κ2) is 10.8. The molecule has 0 radical (unpaired) electrons. The van der Waals surface area contributed by atoms with Crippen molar-refractivity contribution in [3.8, 4) is 11.4 Å². The standard InChI is InChI=1S/C29H30ClN5OS/c1-19-17-23(20(2)35(19)25-18-21(30)12-13-26(25)36)28-27(24-11-6-7-14-32-24)33-29(37)34(28)16-8-15-31-22-9-4-3-5-10-22/h3-7,9-14,17-18,27-28,31,36H,8,15-16H2,1-2H3,(H,33,37)/t27-,28+/m1/s1. The van der Waals surface area contributed by atoms with Gasteiger partial charge in [-0.25, -0.2) is 0 Å². The summed E-state index contributed by atoms with van der Waals surface area (Å²) in [5.74, 6) is 0.183. The molecule has 190 valence electrons. The van der Waals surface area contributed by atoms with E-state index < -0.39 is 0 Å². The first-order valence-electron chi connectivity index (χ1n) is 12.4. The molecule has 0 saturated carbocycles. The Labute approximate surface area is 227 Å². The first-order chi connectivity index (χ1) is 17.9. The Kier molecular flexibility index (Phi) is 7.35. The molecule has 8 heteroatoms. The molecule has 0 amide bonds. The third kappa shape index (κ3) is 5.15. The van der Waals surface area contributed by atoms with Crippen molar-refractivity contribution in [3.63, 3.8) is 0 Å². The van der Waals surface area contributed by atoms with Gasteiger partial charge in [-0.1, -0.05) is 35.9 Å². The van der Waals surface area contributed by atoms with Gasteiger partial charge in [0.1, 0.15) is 5.75 Å². The Morgan fingerprint density at radius 3 is 2.59 bits per heavy atom. The van der Waals surface area contributed by atoms with Gasteiger partial charge in [-0.2, -0.15) is 0 Å². The summed E-state index contributed by atoms with van der Waals surface area (Å²) in [7, 11) is 0. The van der Waals surface area contributed by atoms with Crippen molar-refractivity contribution >= 4 is 34.6 Å². The fourth-order valence-corrected chi connectivity index (χ4v) is 5.65. The van der Waals surface area contributed by atoms with Crippen LogP contribution in [0.4, 0.5) is 5.69 Å². The Balaban J connectivity index is 1.48. The zero-order chi connectivity index (χ0) is 25.9. The summed E-state index contributed by atoms with van der Waals surface area (Å²) in [4.78, 5) is 6.93. The van der Waals surface area contributed by atoms with E-state index in [-0.39, 0.29) is 17.8 Å². The number of hydrogen-bond acceptors (Lipinski definition) is 4. The van der Waals surface area contributed by atoms with E-state index in [4.69, 9.17) is 23.8 Å². The zero-order valence-corrected chi connectivity index (χ0v) is 22.4. The highest BCUT2D eigenvalue weighted by Gasteiger charge is 2.41. The number of aryl methyl sites for hydroxylation is 1. The maximum Gasteiger partial charge on any atom is 0.170 e. The summed E-state index contributed by atoms with van der Waals surface area (Å²) in [6, 6.07) is 23.3. The van der Waals surface area contributed by atoms with E-state index in [1.807, 2.05) is 49.5 Å². The van der Waals surface area contributed by atoms with Crippen molar-refractivity contribution in [2.45, 2.75) is 32.4 Å². The summed E-state index contributed by atoms with van der Waals surface area (Å²) < 4.78 is 2.06. The lowest BCUT2D eigenvalue weighted by Crippen LogP contribution is -2.31. The van der Waals surface area contributed by atoms with Gasteiger partial charge in [-0.3, -0.25) is 4.98 Å². The SMILES string of the molecule is Cc1cc([C@H]2[C@@H](c3ccccn3)NC(=S)N2CCCNc2ccccc2)c(C)n1-c1cc(Cl)ccc1O. The number of hydrogen-bond donors (Lipinski definition) is 3. The van der Waals surface area contributed by atoms with Crippen molar-refractivity contribution in [1.29, 1.82) is 0 Å². The molecule has 4 aromatic rings. The maximum atomic E-state index is 10.6. The molecule has 1 aliphatic heterocycles. The maximum absolute atomic E-state index is 10.6. The lowest BCUT2D eigenvalue weighted by molar-refractivity contribution is 0.315. The van der Waals surface area contributed by atoms with E-state index in [1.54, 1.807) is 18.2 Å². The van der Waals surface area contributed by atoms with Gasteiger partial charge in [0.05, 0.1) is 23.5 Å². The number of phenols is 1. The molecular formula is C29H30ClN5OS. The number of thiocarbonyl (C=S) groups is 1. The van der Waals surface area contributed by atoms with Crippen molar-refractivity contribution in [2.24, 2.45) is 0 Å². The Hall–Kier alpha value is -3.55. The van der Waals surface area contributed by atoms with Crippen LogP contribution in [-0.2, 0) is 0 Å². The second-order valence-electron chi connectivity index (χ2n) is 9.26. The molecule has 2 atom stereocenters. The van der Waals surface area contributed by atoms with E-state index in [1.165, 1.54) is 0 Å². The number of aromatic nitrogens is 2. The number of para-hydroxylation sites is 1. The largest absolute Gasteiger partial charge is 0.506 e. The Bertz CT molecular complexity index is 1390. The fraction of sp³-hybridized carbons (Fsp3) is 0.241. The number of rotatable bonds is 8. The number of nitrogens with zero attached hydrogens (tertiary/aromatic N) is 3. The predicted molar refractivity (Wildman–Crippen MR) is 154 cm³/mol. The Morgan fingerprint density at radius 1 is 1.05 bits per heavy atom. The second-order valence-corrected chi connectivity index (χ2v) is 10.1. The molecule has 0 aliphatic carbocycles. The number of anilines is 1. The fourth-order valence-electron chi connectivity index (χ4n) is 5.16. The van der Waals surface area contributed by atoms with Crippen LogP contribution in [0, 0.1) is 13.8 Å². The smallest absolute Gasteiger partial charge is 0.170 e. The number of benzene rings is 2. The van der Waals surface area contributed by atoms with Crippen LogP contribution in [0.2, 0.25) is 5.02 Å². The molecule has 37 heavy (non-hydrogen) atoms. The monoisotopic (exact) mass is 531 g/mol. The molecule has 0 unspecified atom stereocenters. The van der Waals surface area contributed by atoms with Crippen LogP contribution in [-0.4, -0.2) is 37.8 Å². The van der Waals surface area contributed by atoms with Gasteiger partial charge >= 0.3 is 0 Å². The lowest BCUT2D eigenvalue weighted by atomic mass is 9.96. The molecule has 1 fully saturated rings. The number of pyridine rings is 1. The van der Waals surface area contributed by atoms with Crippen molar-refractivity contribution in [3.05, 3.63) is 107 Å². The third-order valence-corrected chi connectivity index (χ3v) is 7.43. The minimum atomic E-state index is -0.0994. The zero-order valence-electron chi connectivity index (χ0n) is 20.9. The Morgan fingerprint density at radius 2 is 1.84 bits per heavy atom. The summed E-state index contributed by atoms with van der Waals surface area (Å²) in [6.07, 6.45) is 2.73. The first kappa shape index (κ1) is 25.1. The van der Waals surface area contributed by atoms with Crippen LogP contribution in [0.3, 0.4) is 0 Å². The molecular weight excluding hydrogens is 502 g/mol. The topological polar surface area (TPSA) is 65.4 Å². The van der Waals surface area contributed by atoms with Crippen LogP contribution >= 0.6 is 23.8 Å². The summed E-state index contributed by atoms with van der Waals surface area (Å²) in [5.41, 5.74) is 5.88. The molecule has 1 saturated heterocycles. The number of nitrogens with one attached hydrogen (secondary N) is 2. The highest BCUT2D eigenvalue weighted by atomic mass is 35.5. The molecule has 6 nitrogen and oxygen atoms in total. The number of halogens is 1. The summed E-state index contributed by atoms with van der Waals surface area (Å²) in [6.45, 7) is 5.74. The minimum Gasteiger partial charge on any atom is -0.506 e. The van der Waals surface area contributed by atoms with E-state index in [9.17, 15) is 5.11 Å². The van der Waals surface area contributed by atoms with E-state index >= 15 is 0 Å². The predicted octanol–water partition coefficient (Wildman–Crippen LogP) is 6.32. The van der Waals surface area contributed by atoms with Gasteiger partial charge in [0.25, 0.3) is 0 Å². The van der Waals surface area contributed by atoms with Crippen LogP contribution in [0.15, 0.2) is 79.0 Å². The van der Waals surface area contributed by atoms with Gasteiger partial charge in [0, 0.05) is 41.4 Å². The van der Waals surface area contributed by atoms with E-state index in [0.29, 0.717) is 10.7 Å². The van der Waals surface area contributed by atoms with Crippen LogP contribution in [0.5, 0.6) is 5.75 Å². The molecule has 0 spiro atoms. The minimum absolute atomic E-state index is 0.0552. The number of phenolic OH excluding ortho intramolecular Hbond substituents is 1. The summed E-state index contributed by atoms with van der Waals surface area (Å²) in [5, 5.41) is 19.0. The van der Waals surface area contributed by atoms with Crippen molar-refractivity contribution in [2.75, 3.05) is 18.4 Å². The van der Waals surface area contributed by atoms with Crippen LogP contribution < -0.4 is 10.6 Å². The molecule has 3 heterocycles. The van der Waals surface area contributed by atoms with Gasteiger partial charge in [-0.15, -0.1) is 0 Å². The molecule has 5 rings (SSSR count). The van der Waals surface area contributed by atoms with Gasteiger partial charge in [0.2, 0.25) is 0 Å². The lowest BCUT2D eigenvalue weighted by Gasteiger charge is -2.28. The normalized spacial score (nSPS) is 17.2. The van der Waals surface area contributed by atoms with Gasteiger partial charge in [-0.05, 0) is 86.6 Å². The highest BCUT2D eigenvalue weighted by molar-refractivity contribution is 7.80. The molecule has 2 aromatic carbocycles. The van der Waals surface area contributed by atoms with E-state index in [2.05, 4.69) is 50.2 Å². The molecule has 3 N–H and O–H groups in total. The quantitative estimate of drug-likeness (QED) is 0.182. The third-order valence-electron chi connectivity index (χ3n) is 6.84. The average molecular weight is 532 g/mol. The van der Waals surface area contributed by atoms with Crippen molar-refractivity contribution < 1.29 is 5.11 Å². The first-order valence-corrected chi connectivity index (χ1v) is 13.2. The van der Waals surface area contributed by atoms with Crippen LogP contribution in [0.1, 0.15) is 41.1 Å². The number of aromatic hydroxyl groups is 1. The molecule has 2 aromatic heterocycles. The molecule has 1 aliphatic rings. The van der Waals surface area contributed by atoms with Crippen molar-refractivity contribution in [1.82, 2.24) is 19.8 Å². The summed E-state index contributed by atoms with van der Waals surface area (Å²) >= 11 is 12.1. The van der Waals surface area contributed by atoms with Gasteiger partial charge in [0.15, 0.2) is 5.11 Å². The van der Waals surface area contributed by atoms with Gasteiger partial charge < -0.3 is 25.2 Å².